The van der Waals surface area contributed by atoms with Gasteiger partial charge in [-0.3, -0.25) is 0 Å². The number of nitrogens with one attached hydrogen (secondary N) is 1. The minimum absolute atomic E-state index is 0.0995. The zero-order valence-corrected chi connectivity index (χ0v) is 15.7. The van der Waals surface area contributed by atoms with Crippen LogP contribution in [0.1, 0.15) is 37.2 Å². The first-order chi connectivity index (χ1) is 13.7. The van der Waals surface area contributed by atoms with Crippen molar-refractivity contribution in [2.75, 3.05) is 18.4 Å². The van der Waals surface area contributed by atoms with Gasteiger partial charge in [0.25, 0.3) is 5.89 Å². The number of benzene rings is 1. The van der Waals surface area contributed by atoms with Crippen molar-refractivity contribution in [3.8, 4) is 11.5 Å². The fourth-order valence-electron chi connectivity index (χ4n) is 3.36. The highest BCUT2D eigenvalue weighted by Crippen LogP contribution is 2.26. The molecular formula is C20H22N6O2. The van der Waals surface area contributed by atoms with Crippen LogP contribution < -0.4 is 5.32 Å². The molecule has 1 N–H and O–H groups in total. The Labute approximate surface area is 163 Å². The molecule has 3 aromatic rings. The van der Waals surface area contributed by atoms with Crippen LogP contribution in [0.4, 0.5) is 10.5 Å². The maximum Gasteiger partial charge on any atom is 0.321 e. The normalized spacial score (nSPS) is 16.8. The molecule has 8 heteroatoms. The molecule has 1 fully saturated rings. The highest BCUT2D eigenvalue weighted by molar-refractivity contribution is 5.89. The monoisotopic (exact) mass is 378 g/mol. The molecule has 1 saturated heterocycles. The lowest BCUT2D eigenvalue weighted by Gasteiger charge is -2.32. The van der Waals surface area contributed by atoms with Crippen LogP contribution >= 0.6 is 0 Å². The number of nitrogens with zero attached hydrogens (tertiary/aromatic N) is 5. The number of hydrogen-bond acceptors (Lipinski definition) is 6. The number of anilines is 1. The average Bonchev–Trinajstić information content (AvgIpc) is 3.24. The van der Waals surface area contributed by atoms with Crippen LogP contribution in [0.5, 0.6) is 0 Å². The van der Waals surface area contributed by atoms with Crippen LogP contribution in [-0.2, 0) is 6.42 Å². The summed E-state index contributed by atoms with van der Waals surface area (Å²) >= 11 is 0. The zero-order valence-electron chi connectivity index (χ0n) is 15.7. The van der Waals surface area contributed by atoms with Crippen LogP contribution in [-0.4, -0.2) is 44.1 Å². The van der Waals surface area contributed by atoms with E-state index in [1.54, 1.807) is 12.5 Å². The summed E-state index contributed by atoms with van der Waals surface area (Å²) in [5.41, 5.74) is 2.54. The molecule has 4 rings (SSSR count). The van der Waals surface area contributed by atoms with E-state index in [2.05, 4.69) is 25.4 Å². The number of urea groups is 1. The number of hydrogen-bond donors (Lipinski definition) is 1. The van der Waals surface area contributed by atoms with Crippen LogP contribution in [0.2, 0.25) is 0 Å². The van der Waals surface area contributed by atoms with Crippen molar-refractivity contribution in [1.82, 2.24) is 25.0 Å². The number of aryl methyl sites for hydroxylation is 1. The molecule has 1 aliphatic heterocycles. The molecule has 0 radical (unpaired) electrons. The lowest BCUT2D eigenvalue weighted by atomic mass is 9.95. The molecule has 0 aliphatic carbocycles. The second-order valence-electron chi connectivity index (χ2n) is 6.80. The van der Waals surface area contributed by atoms with Gasteiger partial charge in [0.2, 0.25) is 0 Å². The van der Waals surface area contributed by atoms with Crippen LogP contribution in [0.3, 0.4) is 0 Å². The van der Waals surface area contributed by atoms with Crippen molar-refractivity contribution in [2.24, 2.45) is 0 Å². The summed E-state index contributed by atoms with van der Waals surface area (Å²) in [5, 5.41) is 6.87. The Balaban J connectivity index is 1.39. The molecule has 0 spiro atoms. The van der Waals surface area contributed by atoms with Crippen molar-refractivity contribution >= 4 is 11.7 Å². The first-order valence-corrected chi connectivity index (χ1v) is 9.48. The molecule has 1 aliphatic rings. The molecule has 1 atom stereocenters. The number of amides is 2. The summed E-state index contributed by atoms with van der Waals surface area (Å²) in [6.45, 7) is 3.37. The number of piperidine rings is 1. The van der Waals surface area contributed by atoms with E-state index in [1.807, 2.05) is 42.2 Å². The van der Waals surface area contributed by atoms with E-state index in [0.717, 1.165) is 42.8 Å². The quantitative estimate of drug-likeness (QED) is 0.746. The van der Waals surface area contributed by atoms with E-state index in [1.165, 1.54) is 0 Å². The third-order valence-corrected chi connectivity index (χ3v) is 4.90. The fraction of sp³-hybridized carbons (Fsp3) is 0.350. The van der Waals surface area contributed by atoms with E-state index < -0.39 is 0 Å². The minimum Gasteiger partial charge on any atom is -0.334 e. The van der Waals surface area contributed by atoms with Crippen molar-refractivity contribution in [2.45, 2.75) is 32.1 Å². The van der Waals surface area contributed by atoms with E-state index in [4.69, 9.17) is 4.52 Å². The third kappa shape index (κ3) is 4.00. The molecule has 0 bridgehead atoms. The highest BCUT2D eigenvalue weighted by atomic mass is 16.5. The molecule has 2 amide bonds. The Hall–Kier alpha value is -3.29. The zero-order chi connectivity index (χ0) is 19.3. The number of aromatic nitrogens is 4. The Morgan fingerprint density at radius 2 is 2.14 bits per heavy atom. The van der Waals surface area contributed by atoms with Crippen molar-refractivity contribution in [3.63, 3.8) is 0 Å². The van der Waals surface area contributed by atoms with Crippen molar-refractivity contribution in [3.05, 3.63) is 54.4 Å². The molecule has 144 valence electrons. The largest absolute Gasteiger partial charge is 0.334 e. The first kappa shape index (κ1) is 18.1. The predicted octanol–water partition coefficient (Wildman–Crippen LogP) is 3.50. The van der Waals surface area contributed by atoms with Crippen LogP contribution in [0.15, 0.2) is 47.4 Å². The van der Waals surface area contributed by atoms with Gasteiger partial charge in [0, 0.05) is 48.6 Å². The maximum absolute atomic E-state index is 12.7. The molecule has 0 saturated carbocycles. The van der Waals surface area contributed by atoms with Gasteiger partial charge in [-0.2, -0.15) is 4.98 Å². The van der Waals surface area contributed by atoms with Crippen LogP contribution in [0, 0.1) is 0 Å². The lowest BCUT2D eigenvalue weighted by molar-refractivity contribution is 0.192. The van der Waals surface area contributed by atoms with Gasteiger partial charge in [0.1, 0.15) is 6.33 Å². The van der Waals surface area contributed by atoms with Gasteiger partial charge < -0.3 is 14.7 Å². The molecule has 28 heavy (non-hydrogen) atoms. The van der Waals surface area contributed by atoms with E-state index in [-0.39, 0.29) is 11.9 Å². The Kier molecular flexibility index (Phi) is 5.27. The van der Waals surface area contributed by atoms with Gasteiger partial charge in [0.15, 0.2) is 5.82 Å². The van der Waals surface area contributed by atoms with Gasteiger partial charge in [-0.25, -0.2) is 14.8 Å². The lowest BCUT2D eigenvalue weighted by Crippen LogP contribution is -2.41. The maximum atomic E-state index is 12.7. The van der Waals surface area contributed by atoms with Gasteiger partial charge in [0.05, 0.1) is 0 Å². The molecular weight excluding hydrogens is 356 g/mol. The third-order valence-electron chi connectivity index (χ3n) is 4.90. The second-order valence-corrected chi connectivity index (χ2v) is 6.80. The summed E-state index contributed by atoms with van der Waals surface area (Å²) in [6, 6.07) is 9.23. The van der Waals surface area contributed by atoms with Gasteiger partial charge >= 0.3 is 6.03 Å². The molecule has 1 aromatic carbocycles. The van der Waals surface area contributed by atoms with E-state index >= 15 is 0 Å². The first-order valence-electron chi connectivity index (χ1n) is 9.48. The Morgan fingerprint density at radius 3 is 2.86 bits per heavy atom. The van der Waals surface area contributed by atoms with E-state index in [9.17, 15) is 4.79 Å². The summed E-state index contributed by atoms with van der Waals surface area (Å²) in [6.07, 6.45) is 6.01. The van der Waals surface area contributed by atoms with Crippen LogP contribution in [0.25, 0.3) is 11.5 Å². The summed E-state index contributed by atoms with van der Waals surface area (Å²) in [5.74, 6) is 1.41. The topological polar surface area (TPSA) is 97.0 Å². The molecule has 1 unspecified atom stereocenters. The SMILES string of the molecule is CCc1noc(-c2ccc(NC(=O)N3CCCC(c4ccncn4)C3)cc2)n1. The fourth-order valence-corrected chi connectivity index (χ4v) is 3.36. The molecule has 2 aromatic heterocycles. The standard InChI is InChI=1S/C20H22N6O2/c1-2-18-24-19(28-25-18)14-5-7-16(8-6-14)23-20(27)26-11-3-4-15(12-26)17-9-10-21-13-22-17/h5-10,13,15H,2-4,11-12H2,1H3,(H,23,27). The molecule has 3 heterocycles. The van der Waals surface area contributed by atoms with Gasteiger partial charge in [-0.15, -0.1) is 0 Å². The van der Waals surface area contributed by atoms with E-state index in [0.29, 0.717) is 18.3 Å². The van der Waals surface area contributed by atoms with Crippen molar-refractivity contribution in [1.29, 1.82) is 0 Å². The Bertz CT molecular complexity index is 925. The summed E-state index contributed by atoms with van der Waals surface area (Å²) in [7, 11) is 0. The average molecular weight is 378 g/mol. The number of likely N-dealkylation sites (tertiary alicyclic amines) is 1. The number of carbonyl (C=O) groups excluding carboxylic acids is 1. The highest BCUT2D eigenvalue weighted by Gasteiger charge is 2.25. The minimum atomic E-state index is -0.0995. The second kappa shape index (κ2) is 8.16. The Morgan fingerprint density at radius 1 is 1.29 bits per heavy atom. The number of carbonyl (C=O) groups is 1. The van der Waals surface area contributed by atoms with Crippen molar-refractivity contribution < 1.29 is 9.32 Å². The summed E-state index contributed by atoms with van der Waals surface area (Å²) in [4.78, 5) is 27.1. The predicted molar refractivity (Wildman–Crippen MR) is 104 cm³/mol. The van der Waals surface area contributed by atoms with Gasteiger partial charge in [-0.05, 0) is 43.2 Å². The summed E-state index contributed by atoms with van der Waals surface area (Å²) < 4.78 is 5.24. The van der Waals surface area contributed by atoms with Gasteiger partial charge in [-0.1, -0.05) is 12.1 Å². The smallest absolute Gasteiger partial charge is 0.321 e. The number of rotatable bonds is 4. The molecule has 8 nitrogen and oxygen atoms in total.